The van der Waals surface area contributed by atoms with Crippen molar-refractivity contribution in [2.24, 2.45) is 0 Å². The molecule has 0 spiro atoms. The number of nitrogens with zero attached hydrogens (tertiary/aromatic N) is 1. The molecule has 6 nitrogen and oxygen atoms in total. The molecule has 0 aromatic heterocycles. The number of nitrogens with one attached hydrogen (secondary N) is 1. The zero-order chi connectivity index (χ0) is 23.3. The van der Waals surface area contributed by atoms with Crippen LogP contribution in [0.4, 0.5) is 11.4 Å². The number of aryl methyl sites for hydroxylation is 1. The van der Waals surface area contributed by atoms with Gasteiger partial charge in [-0.25, -0.2) is 8.42 Å². The van der Waals surface area contributed by atoms with Crippen LogP contribution in [0.3, 0.4) is 0 Å². The number of rotatable bonds is 8. The van der Waals surface area contributed by atoms with Crippen molar-refractivity contribution in [3.8, 4) is 5.75 Å². The molecule has 3 rings (SSSR count). The first-order valence-corrected chi connectivity index (χ1v) is 12.7. The van der Waals surface area contributed by atoms with Crippen molar-refractivity contribution in [3.05, 3.63) is 77.3 Å². The zero-order valence-corrected chi connectivity index (χ0v) is 20.2. The fourth-order valence-corrected chi connectivity index (χ4v) is 5.06. The number of thioether (sulfide) groups is 1. The third-order valence-electron chi connectivity index (χ3n) is 4.69. The normalized spacial score (nSPS) is 11.1. The predicted molar refractivity (Wildman–Crippen MR) is 131 cm³/mol. The largest absolute Gasteiger partial charge is 0.495 e. The molecule has 0 aliphatic heterocycles. The van der Waals surface area contributed by atoms with Gasteiger partial charge in [-0.2, -0.15) is 0 Å². The van der Waals surface area contributed by atoms with Crippen molar-refractivity contribution < 1.29 is 17.9 Å². The molecule has 1 N–H and O–H groups in total. The van der Waals surface area contributed by atoms with Crippen molar-refractivity contribution in [1.82, 2.24) is 0 Å². The summed E-state index contributed by atoms with van der Waals surface area (Å²) in [5.41, 5.74) is 1.81. The molecule has 0 saturated heterocycles. The van der Waals surface area contributed by atoms with Crippen LogP contribution in [0.1, 0.15) is 5.56 Å². The van der Waals surface area contributed by atoms with Crippen molar-refractivity contribution in [3.63, 3.8) is 0 Å². The summed E-state index contributed by atoms with van der Waals surface area (Å²) in [5, 5.41) is 3.03. The Morgan fingerprint density at radius 1 is 1.06 bits per heavy atom. The van der Waals surface area contributed by atoms with Crippen LogP contribution in [0.5, 0.6) is 5.75 Å². The molecule has 0 aliphatic carbocycles. The monoisotopic (exact) mass is 490 g/mol. The second-order valence-electron chi connectivity index (χ2n) is 6.92. The second kappa shape index (κ2) is 10.3. The van der Waals surface area contributed by atoms with Crippen LogP contribution >= 0.6 is 23.4 Å². The highest BCUT2D eigenvalue weighted by molar-refractivity contribution is 7.98. The van der Waals surface area contributed by atoms with Crippen molar-refractivity contribution in [1.29, 1.82) is 0 Å². The number of sulfonamides is 1. The van der Waals surface area contributed by atoms with Crippen LogP contribution in [-0.2, 0) is 14.8 Å². The molecule has 0 bridgehead atoms. The molecule has 0 aliphatic rings. The van der Waals surface area contributed by atoms with Crippen LogP contribution < -0.4 is 14.4 Å². The summed E-state index contributed by atoms with van der Waals surface area (Å²) < 4.78 is 33.1. The maximum atomic E-state index is 13.4. The Hall–Kier alpha value is -2.68. The van der Waals surface area contributed by atoms with Crippen LogP contribution in [0.25, 0.3) is 0 Å². The number of carbonyl (C=O) groups excluding carboxylic acids is 1. The predicted octanol–water partition coefficient (Wildman–Crippen LogP) is 5.21. The topological polar surface area (TPSA) is 75.7 Å². The first kappa shape index (κ1) is 24.0. The number of hydrogen-bond donors (Lipinski definition) is 1. The summed E-state index contributed by atoms with van der Waals surface area (Å²) in [6.07, 6.45) is 1.91. The van der Waals surface area contributed by atoms with Crippen molar-refractivity contribution >= 4 is 50.7 Å². The molecule has 3 aromatic rings. The van der Waals surface area contributed by atoms with E-state index < -0.39 is 22.5 Å². The molecule has 0 atom stereocenters. The van der Waals surface area contributed by atoms with Crippen LogP contribution in [0.2, 0.25) is 5.02 Å². The SMILES string of the molecule is COc1ccc(NC(=O)CN(c2ccc(C)cc2)S(=O)(=O)c2ccc(SC)cc2)cc1Cl. The van der Waals surface area contributed by atoms with Gasteiger partial charge < -0.3 is 10.1 Å². The zero-order valence-electron chi connectivity index (χ0n) is 17.8. The van der Waals surface area contributed by atoms with E-state index in [9.17, 15) is 13.2 Å². The maximum absolute atomic E-state index is 13.4. The van der Waals surface area contributed by atoms with Gasteiger partial charge in [0.05, 0.1) is 22.7 Å². The summed E-state index contributed by atoms with van der Waals surface area (Å²) in [5.74, 6) is -0.0293. The summed E-state index contributed by atoms with van der Waals surface area (Å²) in [7, 11) is -2.49. The van der Waals surface area contributed by atoms with Gasteiger partial charge in [0.1, 0.15) is 12.3 Å². The van der Waals surface area contributed by atoms with E-state index in [1.165, 1.54) is 18.9 Å². The maximum Gasteiger partial charge on any atom is 0.264 e. The first-order chi connectivity index (χ1) is 15.2. The Kier molecular flexibility index (Phi) is 7.71. The van der Waals surface area contributed by atoms with Crippen molar-refractivity contribution in [2.45, 2.75) is 16.7 Å². The van der Waals surface area contributed by atoms with Crippen molar-refractivity contribution in [2.75, 3.05) is 29.5 Å². The Morgan fingerprint density at radius 3 is 2.28 bits per heavy atom. The number of methoxy groups -OCH3 is 1. The van der Waals surface area contributed by atoms with Gasteiger partial charge in [0.25, 0.3) is 10.0 Å². The molecular weight excluding hydrogens is 468 g/mol. The third-order valence-corrected chi connectivity index (χ3v) is 7.52. The summed E-state index contributed by atoms with van der Waals surface area (Å²) in [4.78, 5) is 13.9. The van der Waals surface area contributed by atoms with Gasteiger partial charge in [-0.3, -0.25) is 9.10 Å². The number of anilines is 2. The van der Waals surface area contributed by atoms with Gasteiger partial charge in [0, 0.05) is 10.6 Å². The van der Waals surface area contributed by atoms with E-state index >= 15 is 0 Å². The minimum atomic E-state index is -3.98. The fourth-order valence-electron chi connectivity index (χ4n) is 2.98. The van der Waals surface area contributed by atoms with E-state index in [2.05, 4.69) is 5.32 Å². The minimum Gasteiger partial charge on any atom is -0.495 e. The molecule has 1 amide bonds. The van der Waals surface area contributed by atoms with Gasteiger partial charge >= 0.3 is 0 Å². The molecule has 0 radical (unpaired) electrons. The molecule has 9 heteroatoms. The van der Waals surface area contributed by atoms with E-state index in [-0.39, 0.29) is 4.90 Å². The van der Waals surface area contributed by atoms with Gasteiger partial charge in [0.2, 0.25) is 5.91 Å². The molecule has 32 heavy (non-hydrogen) atoms. The molecule has 168 valence electrons. The van der Waals surface area contributed by atoms with E-state index in [0.29, 0.717) is 22.1 Å². The lowest BCUT2D eigenvalue weighted by atomic mass is 10.2. The second-order valence-corrected chi connectivity index (χ2v) is 10.1. The number of ether oxygens (including phenoxy) is 1. The average molecular weight is 491 g/mol. The first-order valence-electron chi connectivity index (χ1n) is 9.61. The Labute approximate surface area is 197 Å². The lowest BCUT2D eigenvalue weighted by Gasteiger charge is -2.24. The molecule has 0 unspecified atom stereocenters. The average Bonchev–Trinajstić information content (AvgIpc) is 2.78. The number of amides is 1. The number of carbonyl (C=O) groups is 1. The summed E-state index contributed by atoms with van der Waals surface area (Å²) in [6.45, 7) is 1.50. The summed E-state index contributed by atoms with van der Waals surface area (Å²) >= 11 is 7.64. The van der Waals surface area contributed by atoms with Crippen LogP contribution in [0.15, 0.2) is 76.5 Å². The van der Waals surface area contributed by atoms with Gasteiger partial charge in [-0.05, 0) is 67.8 Å². The standard InChI is InChI=1S/C23H23ClN2O4S2/c1-16-4-7-18(8-5-16)26(32(28,29)20-11-9-19(31-3)10-12-20)15-23(27)25-17-6-13-22(30-2)21(24)14-17/h4-14H,15H2,1-3H3,(H,25,27). The number of benzene rings is 3. The smallest absolute Gasteiger partial charge is 0.264 e. The van der Waals surface area contributed by atoms with E-state index in [1.54, 1.807) is 66.7 Å². The number of hydrogen-bond acceptors (Lipinski definition) is 5. The third kappa shape index (κ3) is 5.56. The van der Waals surface area contributed by atoms with Gasteiger partial charge in [-0.15, -0.1) is 11.8 Å². The molecule has 0 fully saturated rings. The Balaban J connectivity index is 1.91. The minimum absolute atomic E-state index is 0.108. The Bertz CT molecular complexity index is 1200. The fraction of sp³-hybridized carbons (Fsp3) is 0.174. The van der Waals surface area contributed by atoms with E-state index in [0.717, 1.165) is 14.8 Å². The van der Waals surface area contributed by atoms with Crippen LogP contribution in [0, 0.1) is 6.92 Å². The number of halogens is 1. The molecular formula is C23H23ClN2O4S2. The highest BCUT2D eigenvalue weighted by Gasteiger charge is 2.27. The lowest BCUT2D eigenvalue weighted by Crippen LogP contribution is -2.38. The molecule has 3 aromatic carbocycles. The summed E-state index contributed by atoms with van der Waals surface area (Å²) in [6, 6.07) is 18.3. The highest BCUT2D eigenvalue weighted by Crippen LogP contribution is 2.28. The van der Waals surface area contributed by atoms with E-state index in [4.69, 9.17) is 16.3 Å². The van der Waals surface area contributed by atoms with E-state index in [1.807, 2.05) is 13.2 Å². The van der Waals surface area contributed by atoms with Gasteiger partial charge in [0.15, 0.2) is 0 Å². The molecule has 0 heterocycles. The van der Waals surface area contributed by atoms with Gasteiger partial charge in [-0.1, -0.05) is 29.3 Å². The quantitative estimate of drug-likeness (QED) is 0.438. The molecule has 0 saturated carbocycles. The highest BCUT2D eigenvalue weighted by atomic mass is 35.5. The van der Waals surface area contributed by atoms with Crippen LogP contribution in [-0.4, -0.2) is 34.2 Å². The Morgan fingerprint density at radius 2 is 1.72 bits per heavy atom. The lowest BCUT2D eigenvalue weighted by molar-refractivity contribution is -0.114.